The molecule has 0 spiro atoms. The Morgan fingerprint density at radius 2 is 2.20 bits per heavy atom. The van der Waals surface area contributed by atoms with Gasteiger partial charge in [-0.25, -0.2) is 0 Å². The Labute approximate surface area is 83.6 Å². The molecule has 1 heterocycles. The molecule has 1 aromatic heterocycles. The smallest absolute Gasteiger partial charge is 0.433 e. The van der Waals surface area contributed by atoms with Crippen molar-refractivity contribution in [2.24, 2.45) is 7.05 Å². The number of halogens is 3. The zero-order valence-electron chi connectivity index (χ0n) is 8.13. The van der Waals surface area contributed by atoms with E-state index in [1.54, 1.807) is 0 Å². The number of esters is 1. The third kappa shape index (κ3) is 2.48. The van der Waals surface area contributed by atoms with Crippen molar-refractivity contribution >= 4 is 5.97 Å². The topological polar surface area (TPSA) is 44.1 Å². The zero-order chi connectivity index (χ0) is 11.6. The standard InChI is InChI=1S/C8H9F3N2O2/c1-13-7(8(9,10)11)5(4-12-13)3-6(14)15-2/h4H,3H2,1-2H3. The molecule has 0 amide bonds. The number of rotatable bonds is 2. The fourth-order valence-electron chi connectivity index (χ4n) is 1.21. The fourth-order valence-corrected chi connectivity index (χ4v) is 1.21. The predicted molar refractivity (Wildman–Crippen MR) is 43.9 cm³/mol. The molecular weight excluding hydrogens is 213 g/mol. The van der Waals surface area contributed by atoms with E-state index in [0.29, 0.717) is 4.68 Å². The number of hydrogen-bond acceptors (Lipinski definition) is 3. The second kappa shape index (κ2) is 3.92. The molecule has 0 saturated heterocycles. The lowest BCUT2D eigenvalue weighted by Gasteiger charge is -2.08. The van der Waals surface area contributed by atoms with Crippen molar-refractivity contribution in [2.45, 2.75) is 12.6 Å². The molecule has 1 aromatic rings. The molecule has 0 fully saturated rings. The van der Waals surface area contributed by atoms with Crippen LogP contribution in [0.4, 0.5) is 13.2 Å². The summed E-state index contributed by atoms with van der Waals surface area (Å²) < 4.78 is 42.4. The van der Waals surface area contributed by atoms with E-state index in [1.165, 1.54) is 7.05 Å². The van der Waals surface area contributed by atoms with Crippen molar-refractivity contribution in [2.75, 3.05) is 7.11 Å². The lowest BCUT2D eigenvalue weighted by Crippen LogP contribution is -2.16. The quantitative estimate of drug-likeness (QED) is 0.705. The van der Waals surface area contributed by atoms with Crippen LogP contribution in [0.5, 0.6) is 0 Å². The summed E-state index contributed by atoms with van der Waals surface area (Å²) in [7, 11) is 2.29. The molecular formula is C8H9F3N2O2. The predicted octanol–water partition coefficient (Wildman–Crippen LogP) is 1.15. The first-order chi connectivity index (χ1) is 6.86. The van der Waals surface area contributed by atoms with E-state index >= 15 is 0 Å². The molecule has 0 aliphatic rings. The van der Waals surface area contributed by atoms with E-state index in [2.05, 4.69) is 9.84 Å². The Bertz CT molecular complexity index is 370. The Kier molecular flexibility index (Phi) is 3.01. The summed E-state index contributed by atoms with van der Waals surface area (Å²) in [5, 5.41) is 3.46. The molecule has 0 aromatic carbocycles. The third-order valence-corrected chi connectivity index (χ3v) is 1.85. The number of carbonyl (C=O) groups is 1. The normalized spacial score (nSPS) is 11.5. The number of methoxy groups -OCH3 is 1. The Hall–Kier alpha value is -1.53. The van der Waals surface area contributed by atoms with E-state index in [4.69, 9.17) is 0 Å². The molecule has 0 atom stereocenters. The highest BCUT2D eigenvalue weighted by Crippen LogP contribution is 2.31. The van der Waals surface area contributed by atoms with E-state index < -0.39 is 24.3 Å². The largest absolute Gasteiger partial charge is 0.469 e. The maximum atomic E-state index is 12.5. The van der Waals surface area contributed by atoms with Gasteiger partial charge in [0, 0.05) is 12.6 Å². The molecule has 84 valence electrons. The lowest BCUT2D eigenvalue weighted by molar-refractivity contribution is -0.145. The van der Waals surface area contributed by atoms with Gasteiger partial charge in [-0.3, -0.25) is 9.48 Å². The average molecular weight is 222 g/mol. The van der Waals surface area contributed by atoms with Crippen molar-refractivity contribution < 1.29 is 22.7 Å². The van der Waals surface area contributed by atoms with E-state index in [-0.39, 0.29) is 5.56 Å². The van der Waals surface area contributed by atoms with E-state index in [0.717, 1.165) is 13.3 Å². The SMILES string of the molecule is COC(=O)Cc1cnn(C)c1C(F)(F)F. The second-order valence-electron chi connectivity index (χ2n) is 2.89. The minimum atomic E-state index is -4.52. The Morgan fingerprint density at radius 1 is 1.60 bits per heavy atom. The van der Waals surface area contributed by atoms with Crippen molar-refractivity contribution in [3.05, 3.63) is 17.5 Å². The van der Waals surface area contributed by atoms with Crippen LogP contribution in [0.25, 0.3) is 0 Å². The van der Waals surface area contributed by atoms with Crippen molar-refractivity contribution in [3.63, 3.8) is 0 Å². The summed E-state index contributed by atoms with van der Waals surface area (Å²) in [4.78, 5) is 10.8. The van der Waals surface area contributed by atoms with Crippen LogP contribution < -0.4 is 0 Å². The number of nitrogens with zero attached hydrogens (tertiary/aromatic N) is 2. The van der Waals surface area contributed by atoms with Crippen LogP contribution in [0.2, 0.25) is 0 Å². The minimum Gasteiger partial charge on any atom is -0.469 e. The van der Waals surface area contributed by atoms with Crippen molar-refractivity contribution in [3.8, 4) is 0 Å². The number of hydrogen-bond donors (Lipinski definition) is 0. The Morgan fingerprint density at radius 3 is 2.67 bits per heavy atom. The van der Waals surface area contributed by atoms with Crippen molar-refractivity contribution in [1.82, 2.24) is 9.78 Å². The van der Waals surface area contributed by atoms with Crippen LogP contribution in [0.1, 0.15) is 11.3 Å². The summed E-state index contributed by atoms with van der Waals surface area (Å²) >= 11 is 0. The van der Waals surface area contributed by atoms with Gasteiger partial charge in [-0.2, -0.15) is 18.3 Å². The summed E-state index contributed by atoms with van der Waals surface area (Å²) in [6, 6.07) is 0. The molecule has 0 N–H and O–H groups in total. The van der Waals surface area contributed by atoms with Gasteiger partial charge in [0.05, 0.1) is 19.7 Å². The van der Waals surface area contributed by atoms with Crippen LogP contribution in [0, 0.1) is 0 Å². The zero-order valence-corrected chi connectivity index (χ0v) is 8.13. The summed E-state index contributed by atoms with van der Waals surface area (Å²) in [5.41, 5.74) is -1.11. The molecule has 0 radical (unpaired) electrons. The number of ether oxygens (including phenoxy) is 1. The molecule has 1 rings (SSSR count). The summed E-state index contributed by atoms with van der Waals surface area (Å²) in [6.45, 7) is 0. The van der Waals surface area contributed by atoms with Gasteiger partial charge in [0.15, 0.2) is 0 Å². The second-order valence-corrected chi connectivity index (χ2v) is 2.89. The first kappa shape index (κ1) is 11.5. The van der Waals surface area contributed by atoms with Gasteiger partial charge in [0.1, 0.15) is 5.69 Å². The minimum absolute atomic E-state index is 0.183. The molecule has 4 nitrogen and oxygen atoms in total. The van der Waals surface area contributed by atoms with E-state index in [1.807, 2.05) is 0 Å². The maximum Gasteiger partial charge on any atom is 0.433 e. The van der Waals surface area contributed by atoms with Gasteiger partial charge in [-0.15, -0.1) is 0 Å². The lowest BCUT2D eigenvalue weighted by atomic mass is 10.2. The highest BCUT2D eigenvalue weighted by molar-refractivity contribution is 5.72. The third-order valence-electron chi connectivity index (χ3n) is 1.85. The number of aryl methyl sites for hydroxylation is 1. The average Bonchev–Trinajstić information content (AvgIpc) is 2.46. The van der Waals surface area contributed by atoms with Crippen molar-refractivity contribution in [1.29, 1.82) is 0 Å². The van der Waals surface area contributed by atoms with Gasteiger partial charge in [-0.05, 0) is 0 Å². The highest BCUT2D eigenvalue weighted by Gasteiger charge is 2.37. The first-order valence-corrected chi connectivity index (χ1v) is 4.01. The van der Waals surface area contributed by atoms with Crippen LogP contribution in [0.15, 0.2) is 6.20 Å². The van der Waals surface area contributed by atoms with Crippen LogP contribution in [0.3, 0.4) is 0 Å². The van der Waals surface area contributed by atoms with Gasteiger partial charge < -0.3 is 4.74 Å². The Balaban J connectivity index is 3.04. The number of alkyl halides is 3. The molecule has 0 saturated carbocycles. The molecule has 15 heavy (non-hydrogen) atoms. The molecule has 0 aliphatic carbocycles. The number of carbonyl (C=O) groups excluding carboxylic acids is 1. The van der Waals surface area contributed by atoms with Crippen LogP contribution >= 0.6 is 0 Å². The molecule has 0 unspecified atom stereocenters. The van der Waals surface area contributed by atoms with Crippen LogP contribution in [-0.2, 0) is 29.2 Å². The summed E-state index contributed by atoms with van der Waals surface area (Å²) in [6.07, 6.45) is -3.94. The fraction of sp³-hybridized carbons (Fsp3) is 0.500. The molecule has 0 bridgehead atoms. The highest BCUT2D eigenvalue weighted by atomic mass is 19.4. The summed E-state index contributed by atoms with van der Waals surface area (Å²) in [5.74, 6) is -0.728. The molecule has 7 heteroatoms. The van der Waals surface area contributed by atoms with Gasteiger partial charge in [0.25, 0.3) is 0 Å². The van der Waals surface area contributed by atoms with Gasteiger partial charge in [-0.1, -0.05) is 0 Å². The monoisotopic (exact) mass is 222 g/mol. The first-order valence-electron chi connectivity index (χ1n) is 4.01. The maximum absolute atomic E-state index is 12.5. The molecule has 0 aliphatic heterocycles. The van der Waals surface area contributed by atoms with E-state index in [9.17, 15) is 18.0 Å². The van der Waals surface area contributed by atoms with Gasteiger partial charge in [0.2, 0.25) is 0 Å². The van der Waals surface area contributed by atoms with Crippen LogP contribution in [-0.4, -0.2) is 22.9 Å². The number of aromatic nitrogens is 2. The van der Waals surface area contributed by atoms with Gasteiger partial charge >= 0.3 is 12.1 Å².